The van der Waals surface area contributed by atoms with E-state index in [1.807, 2.05) is 31.2 Å². The average molecular weight is 460 g/mol. The molecule has 2 N–H and O–H groups in total. The number of carbonyl (C=O) groups excluding carboxylic acids is 2. The Balaban J connectivity index is 1.62. The quantitative estimate of drug-likeness (QED) is 0.420. The Morgan fingerprint density at radius 1 is 0.912 bits per heavy atom. The van der Waals surface area contributed by atoms with E-state index in [4.69, 9.17) is 4.74 Å². The minimum Gasteiger partial charge on any atom is -0.378 e. The monoisotopic (exact) mass is 460 g/mol. The van der Waals surface area contributed by atoms with E-state index in [1.165, 1.54) is 24.3 Å². The van der Waals surface area contributed by atoms with Crippen LogP contribution < -0.4 is 15.5 Å². The molecule has 9 nitrogen and oxygen atoms in total. The molecule has 34 heavy (non-hydrogen) atoms. The summed E-state index contributed by atoms with van der Waals surface area (Å²) in [6.07, 6.45) is 0. The van der Waals surface area contributed by atoms with Gasteiger partial charge in [0.2, 0.25) is 0 Å². The van der Waals surface area contributed by atoms with Gasteiger partial charge in [0.05, 0.1) is 23.7 Å². The Hall–Kier alpha value is -4.24. The third kappa shape index (κ3) is 5.38. The molecule has 3 aromatic carbocycles. The summed E-state index contributed by atoms with van der Waals surface area (Å²) in [5.41, 5.74) is 3.21. The van der Waals surface area contributed by atoms with Crippen LogP contribution in [-0.2, 0) is 4.74 Å². The van der Waals surface area contributed by atoms with Gasteiger partial charge in [-0.1, -0.05) is 18.2 Å². The summed E-state index contributed by atoms with van der Waals surface area (Å²) in [5.74, 6) is -0.814. The SMILES string of the molecule is Cc1cccc(NC(=O)c2cc(NC(=O)c3cccc([N+](=O)[O-])c3)ccc2N2CCOCC2)c1. The van der Waals surface area contributed by atoms with E-state index in [0.717, 1.165) is 11.3 Å². The number of hydrogen-bond donors (Lipinski definition) is 2. The zero-order valence-corrected chi connectivity index (χ0v) is 18.6. The highest BCUT2D eigenvalue weighted by Gasteiger charge is 2.21. The number of anilines is 3. The van der Waals surface area contributed by atoms with E-state index in [9.17, 15) is 19.7 Å². The van der Waals surface area contributed by atoms with E-state index in [0.29, 0.717) is 43.2 Å². The van der Waals surface area contributed by atoms with Crippen LogP contribution in [0.25, 0.3) is 0 Å². The second-order valence-corrected chi connectivity index (χ2v) is 7.92. The van der Waals surface area contributed by atoms with E-state index < -0.39 is 10.8 Å². The first-order chi connectivity index (χ1) is 16.4. The molecule has 9 heteroatoms. The molecule has 4 rings (SSSR count). The van der Waals surface area contributed by atoms with Crippen molar-refractivity contribution in [3.05, 3.63) is 93.5 Å². The maximum Gasteiger partial charge on any atom is 0.270 e. The van der Waals surface area contributed by atoms with Gasteiger partial charge in [-0.2, -0.15) is 0 Å². The summed E-state index contributed by atoms with van der Waals surface area (Å²) < 4.78 is 5.44. The second kappa shape index (κ2) is 10.1. The van der Waals surface area contributed by atoms with Gasteiger partial charge >= 0.3 is 0 Å². The smallest absolute Gasteiger partial charge is 0.270 e. The van der Waals surface area contributed by atoms with Crippen molar-refractivity contribution in [1.29, 1.82) is 0 Å². The molecule has 1 fully saturated rings. The van der Waals surface area contributed by atoms with E-state index >= 15 is 0 Å². The van der Waals surface area contributed by atoms with Crippen LogP contribution in [0.1, 0.15) is 26.3 Å². The van der Waals surface area contributed by atoms with Gasteiger partial charge in [0.15, 0.2) is 0 Å². The number of ether oxygens (including phenoxy) is 1. The Morgan fingerprint density at radius 3 is 2.35 bits per heavy atom. The van der Waals surface area contributed by atoms with Crippen LogP contribution in [0.2, 0.25) is 0 Å². The molecular weight excluding hydrogens is 436 g/mol. The van der Waals surface area contributed by atoms with Gasteiger partial charge in [0.1, 0.15) is 0 Å². The fourth-order valence-corrected chi connectivity index (χ4v) is 3.76. The number of rotatable bonds is 6. The molecule has 0 aromatic heterocycles. The number of benzene rings is 3. The van der Waals surface area contributed by atoms with Gasteiger partial charge < -0.3 is 20.3 Å². The zero-order valence-electron chi connectivity index (χ0n) is 18.6. The molecule has 1 aliphatic rings. The summed E-state index contributed by atoms with van der Waals surface area (Å²) in [5, 5.41) is 16.7. The Kier molecular flexibility index (Phi) is 6.84. The molecule has 0 saturated carbocycles. The van der Waals surface area contributed by atoms with Crippen LogP contribution in [0.5, 0.6) is 0 Å². The average Bonchev–Trinajstić information content (AvgIpc) is 2.84. The predicted octanol–water partition coefficient (Wildman–Crippen LogP) is 4.24. The Labute approximate surface area is 196 Å². The highest BCUT2D eigenvalue weighted by molar-refractivity contribution is 6.10. The van der Waals surface area contributed by atoms with Crippen molar-refractivity contribution >= 4 is 34.6 Å². The molecule has 0 aliphatic carbocycles. The minimum atomic E-state index is -0.554. The lowest BCUT2D eigenvalue weighted by molar-refractivity contribution is -0.384. The topological polar surface area (TPSA) is 114 Å². The summed E-state index contributed by atoms with van der Waals surface area (Å²) in [7, 11) is 0. The van der Waals surface area contributed by atoms with Gasteiger partial charge in [0.25, 0.3) is 17.5 Å². The number of aryl methyl sites for hydroxylation is 1. The van der Waals surface area contributed by atoms with Crippen molar-refractivity contribution in [2.75, 3.05) is 41.8 Å². The molecule has 0 unspecified atom stereocenters. The van der Waals surface area contributed by atoms with Gasteiger partial charge in [-0.05, 0) is 48.9 Å². The van der Waals surface area contributed by atoms with E-state index in [1.54, 1.807) is 18.2 Å². The molecule has 0 radical (unpaired) electrons. The van der Waals surface area contributed by atoms with Crippen molar-refractivity contribution in [2.24, 2.45) is 0 Å². The highest BCUT2D eigenvalue weighted by atomic mass is 16.6. The third-order valence-corrected chi connectivity index (χ3v) is 5.45. The van der Waals surface area contributed by atoms with Crippen LogP contribution >= 0.6 is 0 Å². The van der Waals surface area contributed by atoms with Crippen LogP contribution in [0.15, 0.2) is 66.7 Å². The number of nitro groups is 1. The third-order valence-electron chi connectivity index (χ3n) is 5.45. The lowest BCUT2D eigenvalue weighted by atomic mass is 10.1. The number of nitrogens with one attached hydrogen (secondary N) is 2. The van der Waals surface area contributed by atoms with Gasteiger partial charge in [-0.3, -0.25) is 19.7 Å². The first-order valence-corrected chi connectivity index (χ1v) is 10.8. The zero-order chi connectivity index (χ0) is 24.1. The number of carbonyl (C=O) groups is 2. The van der Waals surface area contributed by atoms with Crippen molar-refractivity contribution in [2.45, 2.75) is 6.92 Å². The predicted molar refractivity (Wildman–Crippen MR) is 130 cm³/mol. The molecule has 3 aromatic rings. The maximum absolute atomic E-state index is 13.3. The van der Waals surface area contributed by atoms with Gasteiger partial charge in [-0.25, -0.2) is 0 Å². The first-order valence-electron chi connectivity index (χ1n) is 10.8. The molecule has 2 amide bonds. The number of morpholine rings is 1. The van der Waals surface area contributed by atoms with Crippen molar-refractivity contribution in [1.82, 2.24) is 0 Å². The van der Waals surface area contributed by atoms with Crippen molar-refractivity contribution in [3.63, 3.8) is 0 Å². The lowest BCUT2D eigenvalue weighted by Crippen LogP contribution is -2.37. The maximum atomic E-state index is 13.3. The fourth-order valence-electron chi connectivity index (χ4n) is 3.76. The lowest BCUT2D eigenvalue weighted by Gasteiger charge is -2.30. The van der Waals surface area contributed by atoms with Crippen LogP contribution in [-0.4, -0.2) is 43.0 Å². The molecule has 0 spiro atoms. The van der Waals surface area contributed by atoms with Crippen LogP contribution in [0.3, 0.4) is 0 Å². The molecule has 1 aliphatic heterocycles. The minimum absolute atomic E-state index is 0.150. The Morgan fingerprint density at radius 2 is 1.62 bits per heavy atom. The first kappa shape index (κ1) is 22.9. The van der Waals surface area contributed by atoms with Gasteiger partial charge in [-0.15, -0.1) is 0 Å². The number of hydrogen-bond acceptors (Lipinski definition) is 6. The summed E-state index contributed by atoms with van der Waals surface area (Å²) in [6, 6.07) is 18.1. The number of nitro benzene ring substituents is 1. The van der Waals surface area contributed by atoms with Crippen LogP contribution in [0, 0.1) is 17.0 Å². The molecule has 174 valence electrons. The van der Waals surface area contributed by atoms with Crippen molar-refractivity contribution in [3.8, 4) is 0 Å². The molecular formula is C25H24N4O5. The standard InChI is InChI=1S/C25H24N4O5/c1-17-4-2-6-19(14-17)27-25(31)22-16-20(8-9-23(22)28-10-12-34-13-11-28)26-24(30)18-5-3-7-21(15-18)29(32)33/h2-9,14-16H,10-13H2,1H3,(H,26,30)(H,27,31). The fraction of sp³-hybridized carbons (Fsp3) is 0.200. The number of nitrogens with zero attached hydrogens (tertiary/aromatic N) is 2. The highest BCUT2D eigenvalue weighted by Crippen LogP contribution is 2.27. The number of non-ortho nitro benzene ring substituents is 1. The summed E-state index contributed by atoms with van der Waals surface area (Å²) >= 11 is 0. The Bertz CT molecular complexity index is 1240. The van der Waals surface area contributed by atoms with Crippen molar-refractivity contribution < 1.29 is 19.2 Å². The molecule has 1 heterocycles. The van der Waals surface area contributed by atoms with Crippen LogP contribution in [0.4, 0.5) is 22.7 Å². The second-order valence-electron chi connectivity index (χ2n) is 7.92. The van der Waals surface area contributed by atoms with Gasteiger partial charge in [0, 0.05) is 47.8 Å². The summed E-state index contributed by atoms with van der Waals surface area (Å²) in [6.45, 7) is 4.35. The van der Waals surface area contributed by atoms with E-state index in [2.05, 4.69) is 15.5 Å². The number of amides is 2. The normalized spacial score (nSPS) is 13.3. The van der Waals surface area contributed by atoms with E-state index in [-0.39, 0.29) is 17.2 Å². The molecule has 0 atom stereocenters. The largest absolute Gasteiger partial charge is 0.378 e. The molecule has 1 saturated heterocycles. The molecule has 0 bridgehead atoms. The summed E-state index contributed by atoms with van der Waals surface area (Å²) in [4.78, 5) is 38.5.